The first-order chi connectivity index (χ1) is 6.72. The lowest BCUT2D eigenvalue weighted by Gasteiger charge is -1.93. The molecule has 0 spiro atoms. The summed E-state index contributed by atoms with van der Waals surface area (Å²) in [6.45, 7) is 0. The lowest BCUT2D eigenvalue weighted by molar-refractivity contribution is 0.0568. The van der Waals surface area contributed by atoms with Crippen LogP contribution in [0.15, 0.2) is 28.7 Å². The van der Waals surface area contributed by atoms with E-state index in [9.17, 15) is 4.79 Å². The highest BCUT2D eigenvalue weighted by Gasteiger charge is 2.13. The highest BCUT2D eigenvalue weighted by Crippen LogP contribution is 2.24. The smallest absolute Gasteiger partial charge is 0.373 e. The molecule has 2 aromatic rings. The van der Waals surface area contributed by atoms with Crippen LogP contribution in [-0.4, -0.2) is 13.1 Å². The van der Waals surface area contributed by atoms with Gasteiger partial charge < -0.3 is 14.9 Å². The molecule has 2 rings (SSSR count). The molecule has 0 amide bonds. The lowest BCUT2D eigenvalue weighted by atomic mass is 10.2. The van der Waals surface area contributed by atoms with E-state index in [0.717, 1.165) is 5.39 Å². The van der Waals surface area contributed by atoms with E-state index in [4.69, 9.17) is 10.2 Å². The number of rotatable bonds is 1. The van der Waals surface area contributed by atoms with Gasteiger partial charge in [-0.1, -0.05) is 12.1 Å². The second-order valence-corrected chi connectivity index (χ2v) is 2.87. The summed E-state index contributed by atoms with van der Waals surface area (Å²) >= 11 is 0. The van der Waals surface area contributed by atoms with E-state index in [-0.39, 0.29) is 5.76 Å². The SMILES string of the molecule is COC(=O)c1cc2cccc(N)c2o1. The topological polar surface area (TPSA) is 65.5 Å². The van der Waals surface area contributed by atoms with Crippen LogP contribution in [0.1, 0.15) is 10.6 Å². The van der Waals surface area contributed by atoms with Gasteiger partial charge in [-0.15, -0.1) is 0 Å². The van der Waals surface area contributed by atoms with Gasteiger partial charge in [-0.05, 0) is 12.1 Å². The maximum Gasteiger partial charge on any atom is 0.373 e. The molecule has 0 fully saturated rings. The lowest BCUT2D eigenvalue weighted by Crippen LogP contribution is -1.97. The molecule has 1 heterocycles. The molecule has 0 aliphatic rings. The maximum atomic E-state index is 11.1. The summed E-state index contributed by atoms with van der Waals surface area (Å²) in [7, 11) is 1.30. The molecule has 0 saturated heterocycles. The zero-order chi connectivity index (χ0) is 10.1. The van der Waals surface area contributed by atoms with Gasteiger partial charge in [0.15, 0.2) is 5.58 Å². The third-order valence-corrected chi connectivity index (χ3v) is 1.96. The monoisotopic (exact) mass is 191 g/mol. The van der Waals surface area contributed by atoms with Crippen LogP contribution in [0, 0.1) is 0 Å². The van der Waals surface area contributed by atoms with Crippen molar-refractivity contribution in [3.05, 3.63) is 30.0 Å². The van der Waals surface area contributed by atoms with Crippen LogP contribution >= 0.6 is 0 Å². The highest BCUT2D eigenvalue weighted by molar-refractivity contribution is 5.96. The van der Waals surface area contributed by atoms with Gasteiger partial charge >= 0.3 is 5.97 Å². The number of fused-ring (bicyclic) bond motifs is 1. The van der Waals surface area contributed by atoms with E-state index in [0.29, 0.717) is 11.3 Å². The highest BCUT2D eigenvalue weighted by atomic mass is 16.5. The van der Waals surface area contributed by atoms with Crippen molar-refractivity contribution in [2.45, 2.75) is 0 Å². The van der Waals surface area contributed by atoms with Crippen LogP contribution in [0.5, 0.6) is 0 Å². The van der Waals surface area contributed by atoms with Crippen LogP contribution in [-0.2, 0) is 4.74 Å². The van der Waals surface area contributed by atoms with Gasteiger partial charge in [0.2, 0.25) is 5.76 Å². The van der Waals surface area contributed by atoms with Crippen molar-refractivity contribution in [1.82, 2.24) is 0 Å². The van der Waals surface area contributed by atoms with Crippen LogP contribution in [0.4, 0.5) is 5.69 Å². The van der Waals surface area contributed by atoms with E-state index in [1.807, 2.05) is 6.07 Å². The number of carbonyl (C=O) groups is 1. The largest absolute Gasteiger partial charge is 0.463 e. The molecule has 1 aromatic carbocycles. The summed E-state index contributed by atoms with van der Waals surface area (Å²) < 4.78 is 9.78. The van der Waals surface area contributed by atoms with Crippen LogP contribution in [0.3, 0.4) is 0 Å². The number of methoxy groups -OCH3 is 1. The minimum absolute atomic E-state index is 0.167. The summed E-state index contributed by atoms with van der Waals surface area (Å²) in [6, 6.07) is 6.94. The van der Waals surface area contributed by atoms with E-state index >= 15 is 0 Å². The Labute approximate surface area is 80.3 Å². The van der Waals surface area contributed by atoms with Crippen molar-refractivity contribution >= 4 is 22.6 Å². The average Bonchev–Trinajstić information content (AvgIpc) is 2.62. The van der Waals surface area contributed by atoms with Gasteiger partial charge in [-0.25, -0.2) is 4.79 Å². The first kappa shape index (κ1) is 8.62. The molecule has 0 atom stereocenters. The predicted octanol–water partition coefficient (Wildman–Crippen LogP) is 1.80. The summed E-state index contributed by atoms with van der Waals surface area (Å²) in [5.74, 6) is -0.332. The fraction of sp³-hybridized carbons (Fsp3) is 0.100. The van der Waals surface area contributed by atoms with Crippen molar-refractivity contribution in [2.24, 2.45) is 0 Å². The number of esters is 1. The Morgan fingerprint density at radius 3 is 2.93 bits per heavy atom. The zero-order valence-electron chi connectivity index (χ0n) is 7.61. The Hall–Kier alpha value is -1.97. The van der Waals surface area contributed by atoms with Crippen LogP contribution in [0.25, 0.3) is 11.0 Å². The normalized spacial score (nSPS) is 10.4. The van der Waals surface area contributed by atoms with Gasteiger partial charge in [-0.2, -0.15) is 0 Å². The average molecular weight is 191 g/mol. The quantitative estimate of drug-likeness (QED) is 0.551. The van der Waals surface area contributed by atoms with Crippen molar-refractivity contribution in [2.75, 3.05) is 12.8 Å². The molecule has 0 saturated carbocycles. The van der Waals surface area contributed by atoms with Crippen molar-refractivity contribution < 1.29 is 13.9 Å². The number of ether oxygens (including phenoxy) is 1. The standard InChI is InChI=1S/C10H9NO3/c1-13-10(12)8-5-6-3-2-4-7(11)9(6)14-8/h2-5H,11H2,1H3. The van der Waals surface area contributed by atoms with E-state index in [1.54, 1.807) is 18.2 Å². The summed E-state index contributed by atoms with van der Waals surface area (Å²) in [4.78, 5) is 11.1. The van der Waals surface area contributed by atoms with E-state index in [2.05, 4.69) is 4.74 Å². The molecule has 2 N–H and O–H groups in total. The van der Waals surface area contributed by atoms with E-state index < -0.39 is 5.97 Å². The first-order valence-electron chi connectivity index (χ1n) is 4.08. The Kier molecular flexibility index (Phi) is 1.89. The Bertz CT molecular complexity index is 487. The number of hydrogen-bond donors (Lipinski definition) is 1. The Morgan fingerprint density at radius 1 is 1.50 bits per heavy atom. The summed E-state index contributed by atoms with van der Waals surface area (Å²) in [5.41, 5.74) is 6.70. The molecular weight excluding hydrogens is 182 g/mol. The summed E-state index contributed by atoms with van der Waals surface area (Å²) in [5, 5.41) is 0.797. The number of furan rings is 1. The number of para-hydroxylation sites is 1. The molecule has 0 bridgehead atoms. The molecule has 0 aliphatic carbocycles. The summed E-state index contributed by atoms with van der Waals surface area (Å²) in [6.07, 6.45) is 0. The third kappa shape index (κ3) is 1.21. The second kappa shape index (κ2) is 3.06. The van der Waals surface area contributed by atoms with Crippen molar-refractivity contribution in [1.29, 1.82) is 0 Å². The van der Waals surface area contributed by atoms with E-state index in [1.165, 1.54) is 7.11 Å². The number of anilines is 1. The van der Waals surface area contributed by atoms with Gasteiger partial charge in [0.25, 0.3) is 0 Å². The van der Waals surface area contributed by atoms with Crippen molar-refractivity contribution in [3.8, 4) is 0 Å². The second-order valence-electron chi connectivity index (χ2n) is 2.87. The molecule has 4 nitrogen and oxygen atoms in total. The van der Waals surface area contributed by atoms with Crippen molar-refractivity contribution in [3.63, 3.8) is 0 Å². The zero-order valence-corrected chi connectivity index (χ0v) is 7.61. The van der Waals surface area contributed by atoms with Gasteiger partial charge in [0, 0.05) is 5.39 Å². The minimum Gasteiger partial charge on any atom is -0.463 e. The number of carbonyl (C=O) groups excluding carboxylic acids is 1. The molecular formula is C10H9NO3. The predicted molar refractivity (Wildman–Crippen MR) is 52.0 cm³/mol. The number of hydrogen-bond acceptors (Lipinski definition) is 4. The third-order valence-electron chi connectivity index (χ3n) is 1.96. The molecule has 4 heteroatoms. The maximum absolute atomic E-state index is 11.1. The van der Waals surface area contributed by atoms with Crippen LogP contribution < -0.4 is 5.73 Å². The molecule has 0 aliphatic heterocycles. The fourth-order valence-electron chi connectivity index (χ4n) is 1.29. The fourth-order valence-corrected chi connectivity index (χ4v) is 1.29. The Morgan fingerprint density at radius 2 is 2.29 bits per heavy atom. The van der Waals surface area contributed by atoms with Gasteiger partial charge in [-0.3, -0.25) is 0 Å². The first-order valence-corrected chi connectivity index (χ1v) is 4.08. The molecule has 0 unspecified atom stereocenters. The number of nitrogens with two attached hydrogens (primary N) is 1. The molecule has 14 heavy (non-hydrogen) atoms. The molecule has 1 aromatic heterocycles. The van der Waals surface area contributed by atoms with Crippen LogP contribution in [0.2, 0.25) is 0 Å². The number of nitrogen functional groups attached to an aromatic ring is 1. The van der Waals surface area contributed by atoms with Gasteiger partial charge in [0.1, 0.15) is 0 Å². The Balaban J connectivity index is 2.62. The minimum atomic E-state index is -0.499. The molecule has 72 valence electrons. The van der Waals surface area contributed by atoms with Gasteiger partial charge in [0.05, 0.1) is 12.8 Å². The molecule has 0 radical (unpaired) electrons. The number of benzene rings is 1.